The molecule has 0 aliphatic carbocycles. The summed E-state index contributed by atoms with van der Waals surface area (Å²) in [5.74, 6) is 0. The molecule has 0 aliphatic heterocycles. The van der Waals surface area contributed by atoms with Gasteiger partial charge in [0.05, 0.1) is 12.5 Å². The van der Waals surface area contributed by atoms with Gasteiger partial charge >= 0.3 is 17.1 Å². The SMILES string of the molecule is C[Si](C)(CO)O[Si](C)(C)O[Si](C)(C)O[Si](C)(C)CO. The van der Waals surface area contributed by atoms with Crippen LogP contribution in [0.15, 0.2) is 0 Å². The zero-order valence-corrected chi connectivity index (χ0v) is 17.5. The van der Waals surface area contributed by atoms with Gasteiger partial charge in [0.1, 0.15) is 0 Å². The Morgan fingerprint density at radius 1 is 0.579 bits per heavy atom. The van der Waals surface area contributed by atoms with E-state index in [2.05, 4.69) is 0 Å². The summed E-state index contributed by atoms with van der Waals surface area (Å²) in [5, 5.41) is 18.7. The Balaban J connectivity index is 4.72. The van der Waals surface area contributed by atoms with Gasteiger partial charge in [-0.1, -0.05) is 0 Å². The van der Waals surface area contributed by atoms with Crippen molar-refractivity contribution in [2.75, 3.05) is 12.5 Å². The van der Waals surface area contributed by atoms with E-state index in [4.69, 9.17) is 12.3 Å². The normalized spacial score (nSPS) is 14.8. The zero-order valence-electron chi connectivity index (χ0n) is 13.5. The lowest BCUT2D eigenvalue weighted by Crippen LogP contribution is -2.57. The summed E-state index contributed by atoms with van der Waals surface area (Å²) >= 11 is 0. The lowest BCUT2D eigenvalue weighted by atomic mass is 11.7. The second-order valence-electron chi connectivity index (χ2n) is 6.94. The quantitative estimate of drug-likeness (QED) is 0.660. The van der Waals surface area contributed by atoms with Crippen molar-refractivity contribution < 1.29 is 22.6 Å². The predicted octanol–water partition coefficient (Wildman–Crippen LogP) is 1.91. The molecule has 0 spiro atoms. The molecular formula is C10H30O5Si4. The van der Waals surface area contributed by atoms with Crippen LogP contribution in [0.5, 0.6) is 0 Å². The minimum absolute atomic E-state index is 0.0898. The Bertz CT molecular complexity index is 266. The summed E-state index contributed by atoms with van der Waals surface area (Å²) in [4.78, 5) is 0. The highest BCUT2D eigenvalue weighted by Gasteiger charge is 2.43. The maximum absolute atomic E-state index is 9.34. The predicted molar refractivity (Wildman–Crippen MR) is 87.4 cm³/mol. The first-order valence-corrected chi connectivity index (χ1v) is 18.4. The fourth-order valence-electron chi connectivity index (χ4n) is 2.03. The monoisotopic (exact) mass is 342 g/mol. The van der Waals surface area contributed by atoms with Gasteiger partial charge in [-0.15, -0.1) is 0 Å². The first kappa shape index (κ1) is 19.7. The van der Waals surface area contributed by atoms with Gasteiger partial charge < -0.3 is 22.6 Å². The summed E-state index contributed by atoms with van der Waals surface area (Å²) < 4.78 is 18.3. The van der Waals surface area contributed by atoms with Crippen LogP contribution in [0.25, 0.3) is 0 Å². The van der Waals surface area contributed by atoms with E-state index in [-0.39, 0.29) is 12.5 Å². The Labute approximate surface area is 121 Å². The Morgan fingerprint density at radius 2 is 0.842 bits per heavy atom. The van der Waals surface area contributed by atoms with Crippen LogP contribution >= 0.6 is 0 Å². The van der Waals surface area contributed by atoms with Crippen LogP contribution in [-0.2, 0) is 12.3 Å². The van der Waals surface area contributed by atoms with E-state index in [1.807, 2.05) is 52.4 Å². The molecule has 0 unspecified atom stereocenters. The van der Waals surface area contributed by atoms with Gasteiger partial charge in [-0.25, -0.2) is 0 Å². The van der Waals surface area contributed by atoms with Crippen molar-refractivity contribution in [1.29, 1.82) is 0 Å². The summed E-state index contributed by atoms with van der Waals surface area (Å²) in [6.45, 7) is 15.9. The van der Waals surface area contributed by atoms with Gasteiger partial charge in [0.2, 0.25) is 16.6 Å². The highest BCUT2D eigenvalue weighted by molar-refractivity contribution is 6.89. The van der Waals surface area contributed by atoms with Crippen LogP contribution < -0.4 is 0 Å². The molecule has 0 aromatic heterocycles. The fraction of sp³-hybridized carbons (Fsp3) is 1.00. The number of hydrogen-bond donors (Lipinski definition) is 2. The zero-order chi connectivity index (χ0) is 15.5. The lowest BCUT2D eigenvalue weighted by molar-refractivity contribution is 0.286. The number of hydrogen-bond acceptors (Lipinski definition) is 5. The fourth-order valence-corrected chi connectivity index (χ4v) is 19.0. The second kappa shape index (κ2) is 6.62. The summed E-state index contributed by atoms with van der Waals surface area (Å²) in [6, 6.07) is 0. The molecule has 116 valence electrons. The highest BCUT2D eigenvalue weighted by Crippen LogP contribution is 2.23. The molecule has 0 bridgehead atoms. The molecule has 0 amide bonds. The van der Waals surface area contributed by atoms with E-state index in [1.165, 1.54) is 0 Å². The van der Waals surface area contributed by atoms with Crippen molar-refractivity contribution >= 4 is 33.8 Å². The Morgan fingerprint density at radius 3 is 1.05 bits per heavy atom. The van der Waals surface area contributed by atoms with E-state index in [9.17, 15) is 10.2 Å². The van der Waals surface area contributed by atoms with Crippen molar-refractivity contribution in [2.45, 2.75) is 52.4 Å². The molecule has 0 saturated heterocycles. The molecule has 0 aromatic rings. The number of aliphatic hydroxyl groups is 2. The average molecular weight is 343 g/mol. The van der Waals surface area contributed by atoms with E-state index in [0.717, 1.165) is 0 Å². The molecule has 0 fully saturated rings. The molecule has 2 N–H and O–H groups in total. The molecule has 0 radical (unpaired) electrons. The third kappa shape index (κ3) is 8.52. The molecular weight excluding hydrogens is 312 g/mol. The second-order valence-corrected chi connectivity index (χ2v) is 22.7. The first-order chi connectivity index (χ1) is 8.24. The molecule has 9 heteroatoms. The average Bonchev–Trinajstić information content (AvgIpc) is 2.12. The largest absolute Gasteiger partial charge is 0.435 e. The highest BCUT2D eigenvalue weighted by atomic mass is 28.5. The third-order valence-corrected chi connectivity index (χ3v) is 16.1. The van der Waals surface area contributed by atoms with Gasteiger partial charge in [0.15, 0.2) is 0 Å². The van der Waals surface area contributed by atoms with Gasteiger partial charge in [0, 0.05) is 0 Å². The van der Waals surface area contributed by atoms with Crippen molar-refractivity contribution in [2.24, 2.45) is 0 Å². The summed E-state index contributed by atoms with van der Waals surface area (Å²) in [6.07, 6.45) is 0.180. The van der Waals surface area contributed by atoms with Crippen LogP contribution in [0.3, 0.4) is 0 Å². The van der Waals surface area contributed by atoms with Crippen LogP contribution in [0.2, 0.25) is 52.4 Å². The topological polar surface area (TPSA) is 68.2 Å². The van der Waals surface area contributed by atoms with E-state index < -0.39 is 33.8 Å². The minimum atomic E-state index is -2.33. The Hall–Kier alpha value is 0.668. The molecule has 19 heavy (non-hydrogen) atoms. The lowest BCUT2D eigenvalue weighted by Gasteiger charge is -2.40. The van der Waals surface area contributed by atoms with E-state index in [0.29, 0.717) is 0 Å². The molecule has 0 rings (SSSR count). The van der Waals surface area contributed by atoms with Crippen LogP contribution in [0, 0.1) is 0 Å². The van der Waals surface area contributed by atoms with Gasteiger partial charge in [-0.05, 0) is 52.4 Å². The maximum atomic E-state index is 9.34. The van der Waals surface area contributed by atoms with Crippen molar-refractivity contribution in [1.82, 2.24) is 0 Å². The Kier molecular flexibility index (Phi) is 6.85. The molecule has 0 heterocycles. The first-order valence-electron chi connectivity index (χ1n) is 6.56. The molecule has 0 saturated carbocycles. The van der Waals surface area contributed by atoms with Crippen LogP contribution in [0.4, 0.5) is 0 Å². The van der Waals surface area contributed by atoms with Crippen molar-refractivity contribution in [3.63, 3.8) is 0 Å². The third-order valence-electron chi connectivity index (χ3n) is 2.30. The van der Waals surface area contributed by atoms with Gasteiger partial charge in [-0.2, -0.15) is 0 Å². The van der Waals surface area contributed by atoms with E-state index in [1.54, 1.807) is 0 Å². The molecule has 0 aromatic carbocycles. The number of aliphatic hydroxyl groups excluding tert-OH is 2. The molecule has 0 atom stereocenters. The smallest absolute Gasteiger partial charge is 0.312 e. The van der Waals surface area contributed by atoms with E-state index >= 15 is 0 Å². The van der Waals surface area contributed by atoms with Crippen molar-refractivity contribution in [3.05, 3.63) is 0 Å². The summed E-state index contributed by atoms with van der Waals surface area (Å²) in [7, 11) is -8.77. The molecule has 5 nitrogen and oxygen atoms in total. The van der Waals surface area contributed by atoms with Gasteiger partial charge in [-0.3, -0.25) is 0 Å². The van der Waals surface area contributed by atoms with Crippen LogP contribution in [-0.4, -0.2) is 56.4 Å². The van der Waals surface area contributed by atoms with Crippen LogP contribution in [0.1, 0.15) is 0 Å². The standard InChI is InChI=1S/C10H30O5Si4/c1-16(2,9-11)13-18(5,6)15-19(7,8)14-17(3,4)10-12/h11-12H,9-10H2,1-8H3. The maximum Gasteiger partial charge on any atom is 0.312 e. The number of rotatable bonds is 8. The van der Waals surface area contributed by atoms with Crippen molar-refractivity contribution in [3.8, 4) is 0 Å². The minimum Gasteiger partial charge on any atom is -0.435 e. The molecule has 0 aliphatic rings. The summed E-state index contributed by atoms with van der Waals surface area (Å²) in [5.41, 5.74) is 0. The van der Waals surface area contributed by atoms with Gasteiger partial charge in [0.25, 0.3) is 0 Å².